The molecule has 2 saturated heterocycles. The van der Waals surface area contributed by atoms with E-state index in [-0.39, 0.29) is 5.91 Å². The van der Waals surface area contributed by atoms with Crippen molar-refractivity contribution in [1.82, 2.24) is 24.8 Å². The minimum absolute atomic E-state index is 0.248. The average molecular weight is 366 g/mol. The second-order valence-corrected chi connectivity index (χ2v) is 7.46. The average Bonchev–Trinajstić information content (AvgIpc) is 3.24. The number of anilines is 1. The van der Waals surface area contributed by atoms with Crippen LogP contribution in [0.2, 0.25) is 0 Å². The van der Waals surface area contributed by atoms with Crippen LogP contribution in [0.25, 0.3) is 0 Å². The first-order chi connectivity index (χ1) is 13.3. The molecule has 0 aliphatic carbocycles. The molecule has 0 unspecified atom stereocenters. The van der Waals surface area contributed by atoms with Gasteiger partial charge < -0.3 is 9.80 Å². The third-order valence-electron chi connectivity index (χ3n) is 5.83. The molecule has 2 aromatic rings. The fourth-order valence-corrected chi connectivity index (χ4v) is 4.28. The number of amides is 1. The Labute approximate surface area is 159 Å². The molecule has 2 fully saturated rings. The molecule has 0 saturated carbocycles. The lowest BCUT2D eigenvalue weighted by atomic mass is 9.84. The second-order valence-electron chi connectivity index (χ2n) is 7.46. The van der Waals surface area contributed by atoms with Gasteiger partial charge in [-0.15, -0.1) is 0 Å². The zero-order valence-corrected chi connectivity index (χ0v) is 15.6. The number of carbonyl (C=O) groups is 1. The molecule has 0 N–H and O–H groups in total. The lowest BCUT2D eigenvalue weighted by Crippen LogP contribution is -2.38. The maximum atomic E-state index is 12.5. The van der Waals surface area contributed by atoms with Crippen molar-refractivity contribution >= 4 is 11.9 Å². The Bertz CT molecular complexity index is 733. The topological polar surface area (TPSA) is 75.1 Å². The number of carbonyl (C=O) groups excluding carboxylic acids is 1. The molecule has 2 aromatic heterocycles. The number of likely N-dealkylation sites (tertiary alicyclic amines) is 1. The van der Waals surface area contributed by atoms with Gasteiger partial charge in [0, 0.05) is 63.6 Å². The van der Waals surface area contributed by atoms with Crippen molar-refractivity contribution in [2.24, 2.45) is 11.8 Å². The molecule has 7 nitrogen and oxygen atoms in total. The maximum absolute atomic E-state index is 12.5. The Morgan fingerprint density at radius 3 is 2.48 bits per heavy atom. The molecule has 142 valence electrons. The number of piperidine rings is 1. The van der Waals surface area contributed by atoms with E-state index in [0.717, 1.165) is 57.1 Å². The minimum Gasteiger partial charge on any atom is -0.342 e. The summed E-state index contributed by atoms with van der Waals surface area (Å²) in [6.45, 7) is 3.81. The van der Waals surface area contributed by atoms with Gasteiger partial charge in [0.25, 0.3) is 0 Å². The van der Waals surface area contributed by atoms with Gasteiger partial charge in [-0.2, -0.15) is 0 Å². The number of rotatable bonds is 5. The summed E-state index contributed by atoms with van der Waals surface area (Å²) in [5.74, 6) is 2.41. The van der Waals surface area contributed by atoms with E-state index in [4.69, 9.17) is 0 Å². The fraction of sp³-hybridized carbons (Fsp3) is 0.550. The summed E-state index contributed by atoms with van der Waals surface area (Å²) in [7, 11) is 0. The Hall–Kier alpha value is -2.57. The number of aryl methyl sites for hydroxylation is 1. The normalized spacial score (nSPS) is 20.8. The Morgan fingerprint density at radius 2 is 1.74 bits per heavy atom. The molecule has 27 heavy (non-hydrogen) atoms. The lowest BCUT2D eigenvalue weighted by molar-refractivity contribution is -0.130. The summed E-state index contributed by atoms with van der Waals surface area (Å²) < 4.78 is 0. The molecule has 4 rings (SSSR count). The van der Waals surface area contributed by atoms with Crippen molar-refractivity contribution in [3.63, 3.8) is 0 Å². The van der Waals surface area contributed by atoms with E-state index < -0.39 is 0 Å². The second kappa shape index (κ2) is 8.41. The first-order valence-corrected chi connectivity index (χ1v) is 9.84. The van der Waals surface area contributed by atoms with Gasteiger partial charge in [0.1, 0.15) is 0 Å². The van der Waals surface area contributed by atoms with E-state index in [1.54, 1.807) is 31.0 Å². The van der Waals surface area contributed by atoms with E-state index in [1.165, 1.54) is 0 Å². The molecule has 0 bridgehead atoms. The summed E-state index contributed by atoms with van der Waals surface area (Å²) in [6.07, 6.45) is 13.3. The van der Waals surface area contributed by atoms with Crippen molar-refractivity contribution in [2.75, 3.05) is 31.1 Å². The van der Waals surface area contributed by atoms with Crippen LogP contribution < -0.4 is 4.90 Å². The van der Waals surface area contributed by atoms with Crippen LogP contribution in [0, 0.1) is 11.8 Å². The Balaban J connectivity index is 1.23. The molecule has 1 atom stereocenters. The lowest BCUT2D eigenvalue weighted by Gasteiger charge is -2.34. The third-order valence-corrected chi connectivity index (χ3v) is 5.83. The van der Waals surface area contributed by atoms with Gasteiger partial charge >= 0.3 is 0 Å². The molecule has 0 aromatic carbocycles. The molecule has 4 heterocycles. The minimum atomic E-state index is 0.248. The standard InChI is InChI=1S/C20H26N6O/c27-19(3-2-18-14-21-9-10-22-18)26-13-6-17(15-26)16-4-11-25(12-5-16)20-23-7-1-8-24-20/h1,7-10,14,16-17H,2-6,11-13,15H2/t17-/m1/s1. The predicted molar refractivity (Wildman–Crippen MR) is 102 cm³/mol. The summed E-state index contributed by atoms with van der Waals surface area (Å²) in [5.41, 5.74) is 0.886. The number of hydrogen-bond acceptors (Lipinski definition) is 6. The van der Waals surface area contributed by atoms with Gasteiger partial charge in [0.05, 0.1) is 5.69 Å². The highest BCUT2D eigenvalue weighted by molar-refractivity contribution is 5.76. The van der Waals surface area contributed by atoms with Crippen LogP contribution in [0.4, 0.5) is 5.95 Å². The largest absolute Gasteiger partial charge is 0.342 e. The van der Waals surface area contributed by atoms with Gasteiger partial charge in [0.15, 0.2) is 0 Å². The van der Waals surface area contributed by atoms with Gasteiger partial charge in [-0.1, -0.05) is 0 Å². The highest BCUT2D eigenvalue weighted by Gasteiger charge is 2.33. The molecular weight excluding hydrogens is 340 g/mol. The molecule has 0 spiro atoms. The van der Waals surface area contributed by atoms with Crippen LogP contribution >= 0.6 is 0 Å². The van der Waals surface area contributed by atoms with E-state index in [9.17, 15) is 4.79 Å². The first kappa shape index (κ1) is 17.8. The summed E-state index contributed by atoms with van der Waals surface area (Å²) in [5, 5.41) is 0. The molecule has 7 heteroatoms. The van der Waals surface area contributed by atoms with Crippen LogP contribution in [0.15, 0.2) is 37.1 Å². The first-order valence-electron chi connectivity index (χ1n) is 9.84. The quantitative estimate of drug-likeness (QED) is 0.805. The van der Waals surface area contributed by atoms with E-state index in [0.29, 0.717) is 24.7 Å². The van der Waals surface area contributed by atoms with Crippen molar-refractivity contribution in [3.05, 3.63) is 42.7 Å². The van der Waals surface area contributed by atoms with Gasteiger partial charge in [0.2, 0.25) is 11.9 Å². The highest BCUT2D eigenvalue weighted by Crippen LogP contribution is 2.32. The molecular formula is C20H26N6O. The summed E-state index contributed by atoms with van der Waals surface area (Å²) in [4.78, 5) is 33.9. The molecule has 2 aliphatic heterocycles. The monoisotopic (exact) mass is 366 g/mol. The number of aromatic nitrogens is 4. The van der Waals surface area contributed by atoms with Crippen molar-refractivity contribution in [2.45, 2.75) is 32.1 Å². The zero-order chi connectivity index (χ0) is 18.5. The summed E-state index contributed by atoms with van der Waals surface area (Å²) >= 11 is 0. The van der Waals surface area contributed by atoms with Gasteiger partial charge in [-0.3, -0.25) is 14.8 Å². The van der Waals surface area contributed by atoms with Gasteiger partial charge in [-0.25, -0.2) is 9.97 Å². The smallest absolute Gasteiger partial charge is 0.225 e. The van der Waals surface area contributed by atoms with E-state index in [2.05, 4.69) is 24.8 Å². The van der Waals surface area contributed by atoms with Crippen molar-refractivity contribution in [3.8, 4) is 0 Å². The number of nitrogens with zero attached hydrogens (tertiary/aromatic N) is 6. The third kappa shape index (κ3) is 4.40. The van der Waals surface area contributed by atoms with Crippen LogP contribution in [-0.2, 0) is 11.2 Å². The zero-order valence-electron chi connectivity index (χ0n) is 15.6. The summed E-state index contributed by atoms with van der Waals surface area (Å²) in [6, 6.07) is 1.85. The van der Waals surface area contributed by atoms with E-state index in [1.807, 2.05) is 11.0 Å². The predicted octanol–water partition coefficient (Wildman–Crippen LogP) is 1.96. The molecule has 0 radical (unpaired) electrons. The van der Waals surface area contributed by atoms with Crippen molar-refractivity contribution in [1.29, 1.82) is 0 Å². The Morgan fingerprint density at radius 1 is 0.963 bits per heavy atom. The number of hydrogen-bond donors (Lipinski definition) is 0. The molecule has 1 amide bonds. The van der Waals surface area contributed by atoms with E-state index >= 15 is 0 Å². The highest BCUT2D eigenvalue weighted by atomic mass is 16.2. The Kier molecular flexibility index (Phi) is 5.55. The van der Waals surface area contributed by atoms with Crippen LogP contribution in [-0.4, -0.2) is 56.9 Å². The van der Waals surface area contributed by atoms with Crippen LogP contribution in [0.3, 0.4) is 0 Å². The molecule has 2 aliphatic rings. The SMILES string of the molecule is O=C(CCc1cnccn1)N1CC[C@@H](C2CCN(c3ncccn3)CC2)C1. The van der Waals surface area contributed by atoms with Gasteiger partial charge in [-0.05, 0) is 43.6 Å². The van der Waals surface area contributed by atoms with Crippen LogP contribution in [0.1, 0.15) is 31.4 Å². The van der Waals surface area contributed by atoms with Crippen molar-refractivity contribution < 1.29 is 4.79 Å². The fourth-order valence-electron chi connectivity index (χ4n) is 4.28. The van der Waals surface area contributed by atoms with Crippen LogP contribution in [0.5, 0.6) is 0 Å². The maximum Gasteiger partial charge on any atom is 0.225 e.